The second-order valence-electron chi connectivity index (χ2n) is 8.46. The van der Waals surface area contributed by atoms with E-state index in [0.717, 1.165) is 22.4 Å². The van der Waals surface area contributed by atoms with Crippen LogP contribution in [0.2, 0.25) is 5.02 Å². The molecule has 2 aromatic rings. The van der Waals surface area contributed by atoms with Gasteiger partial charge in [-0.25, -0.2) is 4.79 Å². The number of carboxylic acid groups (broad SMARTS) is 1. The van der Waals surface area contributed by atoms with Crippen molar-refractivity contribution in [2.24, 2.45) is 5.92 Å². The maximum Gasteiger partial charge on any atom is 0.407 e. The number of carbonyl (C=O) groups is 2. The molecule has 0 heterocycles. The van der Waals surface area contributed by atoms with Gasteiger partial charge in [-0.3, -0.25) is 4.79 Å². The van der Waals surface area contributed by atoms with Crippen LogP contribution in [0.3, 0.4) is 0 Å². The van der Waals surface area contributed by atoms with E-state index < -0.39 is 12.2 Å². The number of benzene rings is 2. The van der Waals surface area contributed by atoms with Crippen LogP contribution >= 0.6 is 11.6 Å². The summed E-state index contributed by atoms with van der Waals surface area (Å²) in [6, 6.07) is 14.8. The lowest BCUT2D eigenvalue weighted by Crippen LogP contribution is -2.40. The molecule has 2 atom stereocenters. The van der Waals surface area contributed by atoms with Crippen LogP contribution in [0.5, 0.6) is 0 Å². The molecule has 33 heavy (non-hydrogen) atoms. The first-order valence-corrected chi connectivity index (χ1v) is 11.5. The molecule has 0 aliphatic carbocycles. The molecule has 0 bridgehead atoms. The zero-order valence-electron chi connectivity index (χ0n) is 19.7. The zero-order chi connectivity index (χ0) is 24.4. The molecule has 0 aliphatic rings. The van der Waals surface area contributed by atoms with Gasteiger partial charge >= 0.3 is 6.09 Å². The molecule has 0 saturated heterocycles. The number of nitrogens with one attached hydrogen (secondary N) is 2. The van der Waals surface area contributed by atoms with Crippen molar-refractivity contribution in [3.63, 3.8) is 0 Å². The van der Waals surface area contributed by atoms with Crippen LogP contribution < -0.4 is 10.6 Å². The molecule has 8 heteroatoms. The third-order valence-corrected chi connectivity index (χ3v) is 5.55. The molecule has 3 N–H and O–H groups in total. The smallest absolute Gasteiger partial charge is 0.407 e. The Morgan fingerprint density at radius 1 is 1.12 bits per heavy atom. The number of nitrogens with zero attached hydrogens (tertiary/aromatic N) is 1. The van der Waals surface area contributed by atoms with Crippen molar-refractivity contribution in [1.29, 1.82) is 0 Å². The van der Waals surface area contributed by atoms with Crippen LogP contribution in [0.25, 0.3) is 0 Å². The summed E-state index contributed by atoms with van der Waals surface area (Å²) in [6.45, 7) is 5.25. The van der Waals surface area contributed by atoms with Gasteiger partial charge < -0.3 is 25.4 Å². The van der Waals surface area contributed by atoms with Crippen molar-refractivity contribution in [2.45, 2.75) is 32.4 Å². The molecule has 0 aromatic heterocycles. The van der Waals surface area contributed by atoms with Crippen LogP contribution in [0.1, 0.15) is 47.9 Å². The molecular weight excluding hydrogens is 442 g/mol. The van der Waals surface area contributed by atoms with E-state index in [1.54, 1.807) is 18.2 Å². The van der Waals surface area contributed by atoms with Crippen molar-refractivity contribution in [2.75, 3.05) is 33.8 Å². The molecule has 0 radical (unpaired) electrons. The van der Waals surface area contributed by atoms with Gasteiger partial charge in [0.25, 0.3) is 5.91 Å². The highest BCUT2D eigenvalue weighted by Gasteiger charge is 2.19. The predicted molar refractivity (Wildman–Crippen MR) is 131 cm³/mol. The van der Waals surface area contributed by atoms with Crippen molar-refractivity contribution in [1.82, 2.24) is 15.5 Å². The standard InChI is InChI=1S/C25H34ClN3O4/c1-17(2)13-22(27-3)16-28-24(30)20-9-5-7-18(14-20)23(19-8-6-10-21(26)15-19)33-12-11-29(4)25(31)32/h5-10,14-15,17,22-23,27H,11-13,16H2,1-4H3,(H,28,30)(H,31,32)/t22-,23?/m1/s1. The van der Waals surface area contributed by atoms with E-state index >= 15 is 0 Å². The summed E-state index contributed by atoms with van der Waals surface area (Å²) in [7, 11) is 3.39. The lowest BCUT2D eigenvalue weighted by Gasteiger charge is -2.22. The molecular formula is C25H34ClN3O4. The molecule has 0 spiro atoms. The van der Waals surface area contributed by atoms with E-state index in [0.29, 0.717) is 23.0 Å². The molecule has 0 fully saturated rings. The van der Waals surface area contributed by atoms with Crippen molar-refractivity contribution in [3.8, 4) is 0 Å². The minimum Gasteiger partial charge on any atom is -0.465 e. The summed E-state index contributed by atoms with van der Waals surface area (Å²) >= 11 is 6.19. The highest BCUT2D eigenvalue weighted by atomic mass is 35.5. The summed E-state index contributed by atoms with van der Waals surface area (Å²) in [4.78, 5) is 25.1. The number of rotatable bonds is 12. The monoisotopic (exact) mass is 475 g/mol. The zero-order valence-corrected chi connectivity index (χ0v) is 20.4. The van der Waals surface area contributed by atoms with Crippen LogP contribution in [0.15, 0.2) is 48.5 Å². The number of ether oxygens (including phenoxy) is 1. The Morgan fingerprint density at radius 3 is 2.39 bits per heavy atom. The first-order chi connectivity index (χ1) is 15.7. The van der Waals surface area contributed by atoms with E-state index in [2.05, 4.69) is 24.5 Å². The van der Waals surface area contributed by atoms with Crippen molar-refractivity contribution < 1.29 is 19.4 Å². The van der Waals surface area contributed by atoms with Crippen molar-refractivity contribution >= 4 is 23.6 Å². The number of hydrogen-bond acceptors (Lipinski definition) is 4. The average molecular weight is 476 g/mol. The van der Waals surface area contributed by atoms with Gasteiger partial charge in [-0.15, -0.1) is 0 Å². The Bertz CT molecular complexity index is 922. The van der Waals surface area contributed by atoms with Gasteiger partial charge in [0.15, 0.2) is 0 Å². The fourth-order valence-electron chi connectivity index (χ4n) is 3.49. The summed E-state index contributed by atoms with van der Waals surface area (Å²) in [5.41, 5.74) is 2.14. The summed E-state index contributed by atoms with van der Waals surface area (Å²) in [5, 5.41) is 15.9. The Morgan fingerprint density at radius 2 is 1.79 bits per heavy atom. The van der Waals surface area contributed by atoms with Crippen LogP contribution in [0.4, 0.5) is 4.79 Å². The van der Waals surface area contributed by atoms with Gasteiger partial charge in [-0.05, 0) is 54.8 Å². The molecule has 7 nitrogen and oxygen atoms in total. The Labute approximate surface area is 201 Å². The van der Waals surface area contributed by atoms with Crippen LogP contribution in [-0.4, -0.2) is 61.8 Å². The Kier molecular flexibility index (Phi) is 10.6. The molecule has 2 amide bonds. The topological polar surface area (TPSA) is 90.9 Å². The van der Waals surface area contributed by atoms with Gasteiger partial charge in [0.2, 0.25) is 0 Å². The quantitative estimate of drug-likeness (QED) is 0.422. The highest BCUT2D eigenvalue weighted by Crippen LogP contribution is 2.28. The van der Waals surface area contributed by atoms with Crippen LogP contribution in [-0.2, 0) is 4.74 Å². The fourth-order valence-corrected chi connectivity index (χ4v) is 3.69. The van der Waals surface area contributed by atoms with Gasteiger partial charge in [-0.1, -0.05) is 49.7 Å². The van der Waals surface area contributed by atoms with E-state index in [9.17, 15) is 9.59 Å². The molecule has 0 saturated carbocycles. The molecule has 180 valence electrons. The first-order valence-electron chi connectivity index (χ1n) is 11.1. The molecule has 1 unspecified atom stereocenters. The van der Waals surface area contributed by atoms with Crippen molar-refractivity contribution in [3.05, 3.63) is 70.2 Å². The highest BCUT2D eigenvalue weighted by molar-refractivity contribution is 6.30. The minimum atomic E-state index is -1.02. The molecule has 2 aromatic carbocycles. The van der Waals surface area contributed by atoms with E-state index in [4.69, 9.17) is 21.4 Å². The van der Waals surface area contributed by atoms with E-state index in [1.165, 1.54) is 7.05 Å². The third-order valence-electron chi connectivity index (χ3n) is 5.31. The predicted octanol–water partition coefficient (Wildman–Crippen LogP) is 4.42. The normalized spacial score (nSPS) is 12.9. The van der Waals surface area contributed by atoms with E-state index in [1.807, 2.05) is 37.4 Å². The molecule has 2 rings (SSSR count). The number of likely N-dealkylation sites (N-methyl/N-ethyl adjacent to an activating group) is 2. The minimum absolute atomic E-state index is 0.156. The summed E-state index contributed by atoms with van der Waals surface area (Å²) in [6.07, 6.45) is -0.551. The maximum absolute atomic E-state index is 12.8. The second kappa shape index (κ2) is 13.2. The molecule has 0 aliphatic heterocycles. The lowest BCUT2D eigenvalue weighted by atomic mass is 9.99. The van der Waals surface area contributed by atoms with Gasteiger partial charge in [0.1, 0.15) is 6.10 Å². The van der Waals surface area contributed by atoms with Gasteiger partial charge in [-0.2, -0.15) is 0 Å². The second-order valence-corrected chi connectivity index (χ2v) is 8.90. The number of carbonyl (C=O) groups excluding carboxylic acids is 1. The number of halogens is 1. The third kappa shape index (κ3) is 8.68. The van der Waals surface area contributed by atoms with Crippen LogP contribution in [0, 0.1) is 5.92 Å². The SMILES string of the molecule is CN[C@@H](CNC(=O)c1cccc(C(OCCN(C)C(=O)O)c2cccc(Cl)c2)c1)CC(C)C. The van der Waals surface area contributed by atoms with E-state index in [-0.39, 0.29) is 25.1 Å². The first kappa shape index (κ1) is 26.6. The Balaban J connectivity index is 2.19. The van der Waals surface area contributed by atoms with Gasteiger partial charge in [0, 0.05) is 36.8 Å². The average Bonchev–Trinajstić information content (AvgIpc) is 2.78. The number of hydrogen-bond donors (Lipinski definition) is 3. The number of amides is 2. The Hall–Kier alpha value is -2.61. The largest absolute Gasteiger partial charge is 0.465 e. The fraction of sp³-hybridized carbons (Fsp3) is 0.440. The summed E-state index contributed by atoms with van der Waals surface area (Å²) < 4.78 is 6.08. The van der Waals surface area contributed by atoms with Gasteiger partial charge in [0.05, 0.1) is 6.61 Å². The lowest BCUT2D eigenvalue weighted by molar-refractivity contribution is 0.0634. The summed E-state index contributed by atoms with van der Waals surface area (Å²) in [5.74, 6) is 0.370. The maximum atomic E-state index is 12.8.